The summed E-state index contributed by atoms with van der Waals surface area (Å²) in [4.78, 5) is 2.12. The van der Waals surface area contributed by atoms with Crippen LogP contribution in [0, 0.1) is 0 Å². The molecule has 0 saturated heterocycles. The van der Waals surface area contributed by atoms with Crippen LogP contribution < -0.4 is 4.90 Å². The van der Waals surface area contributed by atoms with E-state index in [2.05, 4.69) is 47.4 Å². The van der Waals surface area contributed by atoms with E-state index in [1.54, 1.807) is 0 Å². The number of allylic oxidation sites excluding steroid dienone is 2. The molecule has 0 saturated carbocycles. The van der Waals surface area contributed by atoms with Gasteiger partial charge in [0.15, 0.2) is 6.73 Å². The molecule has 0 atom stereocenters. The van der Waals surface area contributed by atoms with Crippen LogP contribution in [-0.2, 0) is 4.74 Å². The molecule has 3 heteroatoms. The number of hydrogen-bond donors (Lipinski definition) is 0. The molecule has 2 aromatic rings. The Bertz CT molecular complexity index is 621. The second-order valence-electron chi connectivity index (χ2n) is 4.37. The molecule has 18 heavy (non-hydrogen) atoms. The van der Waals surface area contributed by atoms with Crippen LogP contribution in [0.4, 0.5) is 5.69 Å². The zero-order valence-electron chi connectivity index (χ0n) is 10.2. The monoisotopic (exact) mass is 259 g/mol. The van der Waals surface area contributed by atoms with Crippen LogP contribution in [0.3, 0.4) is 0 Å². The van der Waals surface area contributed by atoms with Gasteiger partial charge in [-0.05, 0) is 29.8 Å². The number of halogens is 1. The summed E-state index contributed by atoms with van der Waals surface area (Å²) >= 11 is 5.99. The zero-order valence-corrected chi connectivity index (χ0v) is 10.9. The van der Waals surface area contributed by atoms with Crippen LogP contribution in [0.15, 0.2) is 53.9 Å². The molecule has 0 amide bonds. The van der Waals surface area contributed by atoms with Crippen LogP contribution in [-0.4, -0.2) is 12.6 Å². The first-order valence-electron chi connectivity index (χ1n) is 5.94. The van der Waals surface area contributed by atoms with Crippen molar-refractivity contribution in [3.8, 4) is 0 Å². The topological polar surface area (TPSA) is 12.5 Å². The minimum atomic E-state index is 0.471. The Morgan fingerprint density at radius 1 is 1.17 bits per heavy atom. The number of nitrogens with zero attached hydrogens (tertiary/aromatic N) is 1. The van der Waals surface area contributed by atoms with Crippen molar-refractivity contribution in [3.63, 3.8) is 0 Å². The third-order valence-electron chi connectivity index (χ3n) is 3.31. The first-order valence-corrected chi connectivity index (χ1v) is 6.48. The molecule has 1 aliphatic rings. The van der Waals surface area contributed by atoms with Crippen LogP contribution in [0.2, 0.25) is 0 Å². The minimum absolute atomic E-state index is 0.471. The van der Waals surface area contributed by atoms with Gasteiger partial charge in [-0.3, -0.25) is 0 Å². The van der Waals surface area contributed by atoms with E-state index in [1.165, 1.54) is 10.8 Å². The van der Waals surface area contributed by atoms with E-state index in [9.17, 15) is 0 Å². The Hall–Kier alpha value is -1.67. The average Bonchev–Trinajstić information content (AvgIpc) is 2.79. The maximum Gasteiger partial charge on any atom is 0.165 e. The summed E-state index contributed by atoms with van der Waals surface area (Å²) in [6.07, 6.45) is 0. The number of rotatable bonds is 2. The van der Waals surface area contributed by atoms with E-state index in [0.29, 0.717) is 12.6 Å². The molecule has 3 rings (SSSR count). The van der Waals surface area contributed by atoms with Crippen molar-refractivity contribution in [3.05, 3.63) is 53.9 Å². The molecule has 92 valence electrons. The summed E-state index contributed by atoms with van der Waals surface area (Å²) in [6, 6.07) is 14.7. The predicted octanol–water partition coefficient (Wildman–Crippen LogP) is 4.10. The fraction of sp³-hybridized carbons (Fsp3) is 0.200. The van der Waals surface area contributed by atoms with E-state index < -0.39 is 0 Å². The normalized spacial score (nSPS) is 15.3. The predicted molar refractivity (Wildman–Crippen MR) is 75.8 cm³/mol. The summed E-state index contributed by atoms with van der Waals surface area (Å²) in [7, 11) is 0. The first kappa shape index (κ1) is 11.4. The van der Waals surface area contributed by atoms with Crippen LogP contribution in [0.25, 0.3) is 10.8 Å². The van der Waals surface area contributed by atoms with E-state index in [4.69, 9.17) is 16.3 Å². The standard InChI is InChI=1S/C15H14ClNO/c1-11-15(9-16)17(10-18-11)14-7-6-12-4-2-3-5-13(12)8-14/h2-8H,9-10H2,1H3. The molecular weight excluding hydrogens is 246 g/mol. The highest BCUT2D eigenvalue weighted by molar-refractivity contribution is 6.19. The smallest absolute Gasteiger partial charge is 0.165 e. The van der Waals surface area contributed by atoms with Gasteiger partial charge in [-0.1, -0.05) is 30.3 Å². The maximum absolute atomic E-state index is 5.99. The number of benzene rings is 2. The first-order chi connectivity index (χ1) is 8.79. The lowest BCUT2D eigenvalue weighted by Gasteiger charge is -2.19. The maximum atomic E-state index is 5.99. The second-order valence-corrected chi connectivity index (χ2v) is 4.64. The Morgan fingerprint density at radius 2 is 1.94 bits per heavy atom. The van der Waals surface area contributed by atoms with Gasteiger partial charge in [0, 0.05) is 5.69 Å². The lowest BCUT2D eigenvalue weighted by Crippen LogP contribution is -2.19. The highest BCUT2D eigenvalue weighted by Gasteiger charge is 2.21. The Morgan fingerprint density at radius 3 is 2.72 bits per heavy atom. The minimum Gasteiger partial charge on any atom is -0.476 e. The molecule has 1 aliphatic heterocycles. The van der Waals surface area contributed by atoms with Crippen molar-refractivity contribution in [2.45, 2.75) is 6.92 Å². The molecule has 0 aliphatic carbocycles. The molecule has 0 fully saturated rings. The third-order valence-corrected chi connectivity index (χ3v) is 3.57. The lowest BCUT2D eigenvalue weighted by molar-refractivity contribution is 0.247. The van der Waals surface area contributed by atoms with E-state index >= 15 is 0 Å². The Balaban J connectivity index is 2.05. The van der Waals surface area contributed by atoms with Gasteiger partial charge in [-0.25, -0.2) is 0 Å². The largest absolute Gasteiger partial charge is 0.476 e. The molecule has 0 spiro atoms. The molecular formula is C15H14ClNO. The number of anilines is 1. The second kappa shape index (κ2) is 4.54. The Kier molecular flexibility index (Phi) is 2.88. The summed E-state index contributed by atoms with van der Waals surface area (Å²) in [5.41, 5.74) is 2.17. The number of ether oxygens (including phenoxy) is 1. The van der Waals surface area contributed by atoms with Gasteiger partial charge >= 0.3 is 0 Å². The molecule has 0 aromatic heterocycles. The number of alkyl halides is 1. The van der Waals surface area contributed by atoms with E-state index in [0.717, 1.165) is 17.1 Å². The summed E-state index contributed by atoms with van der Waals surface area (Å²) < 4.78 is 5.56. The summed E-state index contributed by atoms with van der Waals surface area (Å²) in [5, 5.41) is 2.47. The van der Waals surface area contributed by atoms with Gasteiger partial charge in [-0.2, -0.15) is 0 Å². The van der Waals surface area contributed by atoms with Crippen LogP contribution >= 0.6 is 11.6 Å². The van der Waals surface area contributed by atoms with Gasteiger partial charge in [0.25, 0.3) is 0 Å². The summed E-state index contributed by atoms with van der Waals surface area (Å²) in [5.74, 6) is 1.39. The highest BCUT2D eigenvalue weighted by Crippen LogP contribution is 2.30. The van der Waals surface area contributed by atoms with Gasteiger partial charge in [-0.15, -0.1) is 11.6 Å². The zero-order chi connectivity index (χ0) is 12.5. The van der Waals surface area contributed by atoms with Gasteiger partial charge in [0.05, 0.1) is 11.6 Å². The molecule has 1 heterocycles. The molecule has 0 bridgehead atoms. The van der Waals surface area contributed by atoms with E-state index in [-0.39, 0.29) is 0 Å². The highest BCUT2D eigenvalue weighted by atomic mass is 35.5. The average molecular weight is 260 g/mol. The van der Waals surface area contributed by atoms with Crippen molar-refractivity contribution in [1.82, 2.24) is 0 Å². The SMILES string of the molecule is CC1=C(CCl)N(c2ccc3ccccc3c2)CO1. The van der Waals surface area contributed by atoms with Gasteiger partial charge in [0.2, 0.25) is 0 Å². The number of hydrogen-bond acceptors (Lipinski definition) is 2. The van der Waals surface area contributed by atoms with Gasteiger partial charge in [0.1, 0.15) is 5.76 Å². The number of fused-ring (bicyclic) bond motifs is 1. The molecule has 2 aromatic carbocycles. The fourth-order valence-corrected chi connectivity index (χ4v) is 2.59. The molecule has 2 nitrogen and oxygen atoms in total. The quantitative estimate of drug-likeness (QED) is 0.753. The van der Waals surface area contributed by atoms with Crippen molar-refractivity contribution in [2.24, 2.45) is 0 Å². The van der Waals surface area contributed by atoms with Crippen molar-refractivity contribution in [2.75, 3.05) is 17.5 Å². The Labute approximate surface area is 111 Å². The van der Waals surface area contributed by atoms with Crippen molar-refractivity contribution >= 4 is 28.1 Å². The van der Waals surface area contributed by atoms with Crippen LogP contribution in [0.1, 0.15) is 6.92 Å². The molecule has 0 unspecified atom stereocenters. The van der Waals surface area contributed by atoms with E-state index in [1.807, 2.05) is 6.92 Å². The summed E-state index contributed by atoms with van der Waals surface area (Å²) in [6.45, 7) is 2.50. The molecule has 0 radical (unpaired) electrons. The third kappa shape index (κ3) is 1.83. The molecule has 0 N–H and O–H groups in total. The van der Waals surface area contributed by atoms with Crippen molar-refractivity contribution < 1.29 is 4.74 Å². The fourth-order valence-electron chi connectivity index (χ4n) is 2.25. The lowest BCUT2D eigenvalue weighted by atomic mass is 10.1. The van der Waals surface area contributed by atoms with Crippen molar-refractivity contribution in [1.29, 1.82) is 0 Å². The van der Waals surface area contributed by atoms with Gasteiger partial charge < -0.3 is 9.64 Å². The van der Waals surface area contributed by atoms with Crippen LogP contribution in [0.5, 0.6) is 0 Å².